The first-order chi connectivity index (χ1) is 8.71. The summed E-state index contributed by atoms with van der Waals surface area (Å²) in [6.45, 7) is 1.50. The Bertz CT molecular complexity index is 467. The van der Waals surface area contributed by atoms with E-state index in [1.807, 2.05) is 0 Å². The van der Waals surface area contributed by atoms with E-state index in [-0.39, 0.29) is 5.56 Å². The number of carbonyl (C=O) groups is 1. The van der Waals surface area contributed by atoms with Crippen molar-refractivity contribution in [2.45, 2.75) is 32.2 Å². The molecular formula is C13H17N3O2. The van der Waals surface area contributed by atoms with Crippen molar-refractivity contribution in [3.8, 4) is 0 Å². The molecule has 0 radical (unpaired) electrons. The summed E-state index contributed by atoms with van der Waals surface area (Å²) in [5.41, 5.74) is 1.29. The number of rotatable bonds is 6. The maximum atomic E-state index is 11.0. The van der Waals surface area contributed by atoms with Crippen LogP contribution in [0.15, 0.2) is 12.5 Å². The summed E-state index contributed by atoms with van der Waals surface area (Å²) < 4.78 is 0. The number of nitrogens with one attached hydrogen (secondary N) is 1. The molecule has 1 heterocycles. The first-order valence-corrected chi connectivity index (χ1v) is 6.44. The molecule has 1 aromatic heterocycles. The summed E-state index contributed by atoms with van der Waals surface area (Å²) in [4.78, 5) is 18.8. The SMILES string of the molecule is O=C(O)c1cncnc1CNCC1(C2CC2)CC1. The van der Waals surface area contributed by atoms with Crippen LogP contribution in [0.2, 0.25) is 0 Å². The number of hydrogen-bond acceptors (Lipinski definition) is 4. The normalized spacial score (nSPS) is 20.7. The number of carboxylic acids is 1. The Morgan fingerprint density at radius 3 is 2.89 bits per heavy atom. The summed E-state index contributed by atoms with van der Waals surface area (Å²) in [5, 5.41) is 12.4. The summed E-state index contributed by atoms with van der Waals surface area (Å²) in [5.74, 6) is -0.0509. The van der Waals surface area contributed by atoms with Crippen LogP contribution in [0.4, 0.5) is 0 Å². The highest BCUT2D eigenvalue weighted by Gasteiger charge is 2.53. The van der Waals surface area contributed by atoms with Gasteiger partial charge in [-0.1, -0.05) is 0 Å². The van der Waals surface area contributed by atoms with Crippen molar-refractivity contribution >= 4 is 5.97 Å². The second-order valence-corrected chi connectivity index (χ2v) is 5.43. The highest BCUT2D eigenvalue weighted by Crippen LogP contribution is 2.60. The second-order valence-electron chi connectivity index (χ2n) is 5.43. The van der Waals surface area contributed by atoms with E-state index in [4.69, 9.17) is 5.11 Å². The third-order valence-corrected chi connectivity index (χ3v) is 4.13. The molecule has 0 amide bonds. The van der Waals surface area contributed by atoms with Gasteiger partial charge in [-0.05, 0) is 37.0 Å². The Hall–Kier alpha value is -1.49. The van der Waals surface area contributed by atoms with E-state index < -0.39 is 5.97 Å². The first kappa shape index (κ1) is 11.6. The summed E-state index contributed by atoms with van der Waals surface area (Å²) in [7, 11) is 0. The van der Waals surface area contributed by atoms with Gasteiger partial charge in [0, 0.05) is 19.3 Å². The molecule has 5 nitrogen and oxygen atoms in total. The van der Waals surface area contributed by atoms with E-state index in [1.165, 1.54) is 38.2 Å². The Morgan fingerprint density at radius 1 is 1.50 bits per heavy atom. The van der Waals surface area contributed by atoms with E-state index in [9.17, 15) is 4.79 Å². The highest BCUT2D eigenvalue weighted by molar-refractivity contribution is 5.88. The molecule has 3 rings (SSSR count). The van der Waals surface area contributed by atoms with Crippen molar-refractivity contribution in [1.82, 2.24) is 15.3 Å². The van der Waals surface area contributed by atoms with Gasteiger partial charge >= 0.3 is 5.97 Å². The molecule has 2 fully saturated rings. The van der Waals surface area contributed by atoms with Gasteiger partial charge in [0.25, 0.3) is 0 Å². The maximum Gasteiger partial charge on any atom is 0.339 e. The van der Waals surface area contributed by atoms with Gasteiger partial charge in [-0.25, -0.2) is 14.8 Å². The Kier molecular flexibility index (Phi) is 2.78. The molecule has 0 aromatic carbocycles. The Labute approximate surface area is 106 Å². The number of aromatic carboxylic acids is 1. The molecular weight excluding hydrogens is 230 g/mol. The van der Waals surface area contributed by atoms with Gasteiger partial charge in [0.1, 0.15) is 11.9 Å². The van der Waals surface area contributed by atoms with E-state index in [2.05, 4.69) is 15.3 Å². The van der Waals surface area contributed by atoms with E-state index in [1.54, 1.807) is 0 Å². The molecule has 2 aliphatic rings. The quantitative estimate of drug-likeness (QED) is 0.796. The second kappa shape index (κ2) is 4.31. The van der Waals surface area contributed by atoms with Crippen molar-refractivity contribution in [2.24, 2.45) is 11.3 Å². The largest absolute Gasteiger partial charge is 0.478 e. The molecule has 0 unspecified atom stereocenters. The minimum absolute atomic E-state index is 0.196. The fraction of sp³-hybridized carbons (Fsp3) is 0.615. The molecule has 0 saturated heterocycles. The predicted octanol–water partition coefficient (Wildman–Crippen LogP) is 1.45. The zero-order valence-electron chi connectivity index (χ0n) is 10.2. The lowest BCUT2D eigenvalue weighted by molar-refractivity contribution is 0.0694. The van der Waals surface area contributed by atoms with Crippen LogP contribution < -0.4 is 5.32 Å². The molecule has 2 N–H and O–H groups in total. The number of carboxylic acid groups (broad SMARTS) is 1. The Morgan fingerprint density at radius 2 is 2.28 bits per heavy atom. The van der Waals surface area contributed by atoms with Crippen molar-refractivity contribution < 1.29 is 9.90 Å². The molecule has 5 heteroatoms. The average Bonchev–Trinajstić information content (AvgIpc) is 3.23. The van der Waals surface area contributed by atoms with Crippen LogP contribution in [0, 0.1) is 11.3 Å². The lowest BCUT2D eigenvalue weighted by Crippen LogP contribution is -2.26. The molecule has 0 aliphatic heterocycles. The van der Waals surface area contributed by atoms with Crippen molar-refractivity contribution in [2.75, 3.05) is 6.54 Å². The van der Waals surface area contributed by atoms with Gasteiger partial charge in [-0.15, -0.1) is 0 Å². The third-order valence-electron chi connectivity index (χ3n) is 4.13. The summed E-state index contributed by atoms with van der Waals surface area (Å²) >= 11 is 0. The monoisotopic (exact) mass is 247 g/mol. The average molecular weight is 247 g/mol. The van der Waals surface area contributed by atoms with E-state index >= 15 is 0 Å². The van der Waals surface area contributed by atoms with Crippen LogP contribution in [0.5, 0.6) is 0 Å². The van der Waals surface area contributed by atoms with Crippen LogP contribution in [-0.2, 0) is 6.54 Å². The van der Waals surface area contributed by atoms with E-state index in [0.717, 1.165) is 12.5 Å². The van der Waals surface area contributed by atoms with Gasteiger partial charge in [0.15, 0.2) is 0 Å². The Balaban J connectivity index is 1.58. The molecule has 96 valence electrons. The molecule has 0 spiro atoms. The van der Waals surface area contributed by atoms with Crippen LogP contribution in [0.1, 0.15) is 41.7 Å². The van der Waals surface area contributed by atoms with E-state index in [0.29, 0.717) is 17.7 Å². The molecule has 18 heavy (non-hydrogen) atoms. The topological polar surface area (TPSA) is 75.1 Å². The van der Waals surface area contributed by atoms with Crippen LogP contribution in [0.3, 0.4) is 0 Å². The molecule has 1 aromatic rings. The lowest BCUT2D eigenvalue weighted by Gasteiger charge is -2.15. The van der Waals surface area contributed by atoms with Gasteiger partial charge in [-0.3, -0.25) is 0 Å². The molecule has 0 atom stereocenters. The smallest absolute Gasteiger partial charge is 0.339 e. The van der Waals surface area contributed by atoms with Gasteiger partial charge in [0.05, 0.1) is 5.69 Å². The first-order valence-electron chi connectivity index (χ1n) is 6.44. The number of nitrogens with zero attached hydrogens (tertiary/aromatic N) is 2. The zero-order valence-corrected chi connectivity index (χ0v) is 10.2. The fourth-order valence-electron chi connectivity index (χ4n) is 2.69. The van der Waals surface area contributed by atoms with Gasteiger partial charge in [-0.2, -0.15) is 0 Å². The maximum absolute atomic E-state index is 11.0. The van der Waals surface area contributed by atoms with Gasteiger partial charge < -0.3 is 10.4 Å². The molecule has 0 bridgehead atoms. The minimum Gasteiger partial charge on any atom is -0.478 e. The lowest BCUT2D eigenvalue weighted by atomic mass is 10.0. The van der Waals surface area contributed by atoms with Crippen LogP contribution in [-0.4, -0.2) is 27.6 Å². The standard InChI is InChI=1S/C13H17N3O2/c17-12(18)10-5-15-8-16-11(10)6-14-7-13(3-4-13)9-1-2-9/h5,8-9,14H,1-4,6-7H2,(H,17,18). The number of aromatic nitrogens is 2. The third kappa shape index (κ3) is 2.22. The number of hydrogen-bond donors (Lipinski definition) is 2. The van der Waals surface area contributed by atoms with Crippen molar-refractivity contribution in [1.29, 1.82) is 0 Å². The predicted molar refractivity (Wildman–Crippen MR) is 65.1 cm³/mol. The van der Waals surface area contributed by atoms with Crippen LogP contribution >= 0.6 is 0 Å². The van der Waals surface area contributed by atoms with Crippen molar-refractivity contribution in [3.63, 3.8) is 0 Å². The zero-order chi connectivity index (χ0) is 12.6. The molecule has 2 aliphatic carbocycles. The summed E-state index contributed by atoms with van der Waals surface area (Å²) in [6.07, 6.45) is 8.14. The van der Waals surface area contributed by atoms with Gasteiger partial charge in [0.2, 0.25) is 0 Å². The highest BCUT2D eigenvalue weighted by atomic mass is 16.4. The van der Waals surface area contributed by atoms with Crippen LogP contribution in [0.25, 0.3) is 0 Å². The summed E-state index contributed by atoms with van der Waals surface area (Å²) in [6, 6.07) is 0. The molecule has 2 saturated carbocycles. The van der Waals surface area contributed by atoms with Crippen molar-refractivity contribution in [3.05, 3.63) is 23.8 Å². The fourth-order valence-corrected chi connectivity index (χ4v) is 2.69. The minimum atomic E-state index is -0.962.